The molecule has 0 aliphatic carbocycles. The molecule has 174 valence electrons. The maximum atomic E-state index is 6.10. The molecule has 4 N–H and O–H groups in total. The Morgan fingerprint density at radius 2 is 1.49 bits per heavy atom. The average molecular weight is 483 g/mol. The summed E-state index contributed by atoms with van der Waals surface area (Å²) < 4.78 is 1.89. The molecule has 3 aromatic carbocycles. The molecule has 0 aliphatic rings. The van der Waals surface area contributed by atoms with Gasteiger partial charge in [0.15, 0.2) is 0 Å². The lowest BCUT2D eigenvalue weighted by Gasteiger charge is -2.09. The van der Waals surface area contributed by atoms with Crippen molar-refractivity contribution in [2.75, 3.05) is 22.9 Å². The molecule has 0 amide bonds. The zero-order valence-electron chi connectivity index (χ0n) is 18.8. The Hall–Kier alpha value is -4.43. The van der Waals surface area contributed by atoms with E-state index in [0.717, 1.165) is 28.2 Å². The van der Waals surface area contributed by atoms with Crippen LogP contribution in [0.5, 0.6) is 0 Å². The van der Waals surface area contributed by atoms with Gasteiger partial charge in [-0.3, -0.25) is 0 Å². The number of aromatic nitrogens is 5. The third-order valence-electron chi connectivity index (χ3n) is 5.29. The monoisotopic (exact) mass is 482 g/mol. The lowest BCUT2D eigenvalue weighted by atomic mass is 10.1. The number of halogens is 1. The van der Waals surface area contributed by atoms with E-state index in [1.165, 1.54) is 0 Å². The number of nitrogens with zero attached hydrogens (tertiary/aromatic N) is 5. The first-order valence-electron chi connectivity index (χ1n) is 11.1. The summed E-state index contributed by atoms with van der Waals surface area (Å²) in [6.07, 6.45) is 2.74. The zero-order valence-corrected chi connectivity index (χ0v) is 19.5. The Balaban J connectivity index is 1.35. The van der Waals surface area contributed by atoms with Crippen molar-refractivity contribution in [1.29, 1.82) is 0 Å². The molecule has 9 heteroatoms. The van der Waals surface area contributed by atoms with Crippen molar-refractivity contribution in [2.45, 2.75) is 6.42 Å². The Bertz CT molecular complexity index is 1400. The molecule has 0 aliphatic heterocycles. The Labute approximate surface area is 207 Å². The minimum atomic E-state index is 0.139. The lowest BCUT2D eigenvalue weighted by molar-refractivity contribution is 0.882. The van der Waals surface area contributed by atoms with Gasteiger partial charge in [0.25, 0.3) is 0 Å². The molecule has 2 aromatic heterocycles. The number of hydrogen-bond acceptors (Lipinski definition) is 7. The van der Waals surface area contributed by atoms with E-state index in [4.69, 9.17) is 22.4 Å². The van der Waals surface area contributed by atoms with Crippen molar-refractivity contribution in [3.63, 3.8) is 0 Å². The largest absolute Gasteiger partial charge is 0.368 e. The number of anilines is 4. The topological polar surface area (TPSA) is 107 Å². The van der Waals surface area contributed by atoms with Crippen LogP contribution in [0.15, 0.2) is 91.1 Å². The van der Waals surface area contributed by atoms with E-state index in [9.17, 15) is 0 Å². The molecule has 0 radical (unpaired) electrons. The molecule has 0 saturated carbocycles. The molecular weight excluding hydrogens is 460 g/mol. The maximum absolute atomic E-state index is 6.10. The van der Waals surface area contributed by atoms with E-state index in [1.54, 1.807) is 0 Å². The second kappa shape index (κ2) is 10.2. The van der Waals surface area contributed by atoms with Gasteiger partial charge in [-0.15, -0.1) is 0 Å². The third-order valence-corrected chi connectivity index (χ3v) is 5.54. The highest BCUT2D eigenvalue weighted by molar-refractivity contribution is 6.30. The minimum Gasteiger partial charge on any atom is -0.368 e. The van der Waals surface area contributed by atoms with E-state index in [0.29, 0.717) is 29.9 Å². The normalized spacial score (nSPS) is 10.8. The molecular formula is C26H23ClN8. The lowest BCUT2D eigenvalue weighted by Crippen LogP contribution is -2.12. The molecule has 5 rings (SSSR count). The molecule has 0 saturated heterocycles. The van der Waals surface area contributed by atoms with Crippen LogP contribution in [0.1, 0.15) is 5.56 Å². The Morgan fingerprint density at radius 3 is 2.23 bits per heavy atom. The van der Waals surface area contributed by atoms with E-state index >= 15 is 0 Å². The van der Waals surface area contributed by atoms with Crippen LogP contribution >= 0.6 is 11.6 Å². The minimum absolute atomic E-state index is 0.139. The van der Waals surface area contributed by atoms with Gasteiger partial charge in [0, 0.05) is 34.6 Å². The van der Waals surface area contributed by atoms with Gasteiger partial charge in [0.05, 0.1) is 11.4 Å². The van der Waals surface area contributed by atoms with Gasteiger partial charge in [0.2, 0.25) is 17.8 Å². The molecule has 5 aromatic rings. The van der Waals surface area contributed by atoms with E-state index in [1.807, 2.05) is 95.8 Å². The molecule has 8 nitrogen and oxygen atoms in total. The van der Waals surface area contributed by atoms with Gasteiger partial charge in [-0.05, 0) is 42.8 Å². The van der Waals surface area contributed by atoms with Crippen molar-refractivity contribution in [2.24, 2.45) is 0 Å². The summed E-state index contributed by atoms with van der Waals surface area (Å²) in [4.78, 5) is 12.8. The standard InChI is InChI=1S/C26H23ClN8/c27-20-13-11-18(12-14-20)23-19(17-35(34-23)22-9-5-2-6-10-22)15-16-29-25-31-24(28)32-26(33-25)30-21-7-3-1-4-8-21/h1-14,17H,15-16H2,(H4,28,29,30,31,32,33). The van der Waals surface area contributed by atoms with Gasteiger partial charge in [-0.1, -0.05) is 60.1 Å². The summed E-state index contributed by atoms with van der Waals surface area (Å²) in [5.41, 5.74) is 10.7. The molecule has 2 heterocycles. The number of rotatable bonds is 8. The van der Waals surface area contributed by atoms with Crippen LogP contribution in [-0.4, -0.2) is 31.3 Å². The number of para-hydroxylation sites is 2. The molecule has 0 bridgehead atoms. The van der Waals surface area contributed by atoms with Gasteiger partial charge in [0.1, 0.15) is 0 Å². The smallest absolute Gasteiger partial charge is 0.233 e. The summed E-state index contributed by atoms with van der Waals surface area (Å²) in [6, 6.07) is 27.4. The number of benzene rings is 3. The van der Waals surface area contributed by atoms with Crippen LogP contribution in [0.3, 0.4) is 0 Å². The average Bonchev–Trinajstić information content (AvgIpc) is 3.29. The fourth-order valence-corrected chi connectivity index (χ4v) is 3.77. The second-order valence-corrected chi connectivity index (χ2v) is 8.24. The Kier molecular flexibility index (Phi) is 6.54. The van der Waals surface area contributed by atoms with Gasteiger partial charge in [-0.25, -0.2) is 4.68 Å². The van der Waals surface area contributed by atoms with Gasteiger partial charge in [-0.2, -0.15) is 20.1 Å². The zero-order chi connectivity index (χ0) is 24.0. The quantitative estimate of drug-likeness (QED) is 0.273. The van der Waals surface area contributed by atoms with Crippen molar-refractivity contribution < 1.29 is 0 Å². The molecule has 0 unspecified atom stereocenters. The Morgan fingerprint density at radius 1 is 0.800 bits per heavy atom. The molecule has 0 fully saturated rings. The fourth-order valence-electron chi connectivity index (χ4n) is 3.64. The summed E-state index contributed by atoms with van der Waals surface area (Å²) in [5, 5.41) is 11.9. The van der Waals surface area contributed by atoms with Crippen molar-refractivity contribution in [3.05, 3.63) is 102 Å². The van der Waals surface area contributed by atoms with E-state index < -0.39 is 0 Å². The van der Waals surface area contributed by atoms with Crippen LogP contribution in [0.2, 0.25) is 5.02 Å². The summed E-state index contributed by atoms with van der Waals surface area (Å²) in [6.45, 7) is 0.579. The predicted molar refractivity (Wildman–Crippen MR) is 140 cm³/mol. The van der Waals surface area contributed by atoms with E-state index in [2.05, 4.69) is 25.6 Å². The summed E-state index contributed by atoms with van der Waals surface area (Å²) in [7, 11) is 0. The van der Waals surface area contributed by atoms with Crippen LogP contribution < -0.4 is 16.4 Å². The second-order valence-electron chi connectivity index (χ2n) is 7.80. The van der Waals surface area contributed by atoms with Crippen LogP contribution in [0.25, 0.3) is 16.9 Å². The first kappa shape index (κ1) is 22.4. The number of nitrogen functional groups attached to an aromatic ring is 1. The van der Waals surface area contributed by atoms with Crippen molar-refractivity contribution in [3.8, 4) is 16.9 Å². The number of nitrogens with one attached hydrogen (secondary N) is 2. The number of hydrogen-bond donors (Lipinski definition) is 3. The van der Waals surface area contributed by atoms with E-state index in [-0.39, 0.29) is 5.95 Å². The highest BCUT2D eigenvalue weighted by atomic mass is 35.5. The fraction of sp³-hybridized carbons (Fsp3) is 0.0769. The predicted octanol–water partition coefficient (Wildman–Crippen LogP) is 5.36. The third kappa shape index (κ3) is 5.56. The van der Waals surface area contributed by atoms with Crippen LogP contribution in [0, 0.1) is 0 Å². The summed E-state index contributed by atoms with van der Waals surface area (Å²) >= 11 is 6.10. The maximum Gasteiger partial charge on any atom is 0.233 e. The first-order valence-corrected chi connectivity index (χ1v) is 11.5. The van der Waals surface area contributed by atoms with Crippen LogP contribution in [0.4, 0.5) is 23.5 Å². The van der Waals surface area contributed by atoms with Crippen LogP contribution in [-0.2, 0) is 6.42 Å². The van der Waals surface area contributed by atoms with Crippen molar-refractivity contribution in [1.82, 2.24) is 24.7 Å². The summed E-state index contributed by atoms with van der Waals surface area (Å²) in [5.74, 6) is 0.920. The first-order chi connectivity index (χ1) is 17.1. The highest BCUT2D eigenvalue weighted by Crippen LogP contribution is 2.26. The van der Waals surface area contributed by atoms with Gasteiger partial charge < -0.3 is 16.4 Å². The molecule has 0 atom stereocenters. The highest BCUT2D eigenvalue weighted by Gasteiger charge is 2.13. The van der Waals surface area contributed by atoms with Gasteiger partial charge >= 0.3 is 0 Å². The molecule has 0 spiro atoms. The SMILES string of the molecule is Nc1nc(NCCc2cn(-c3ccccc3)nc2-c2ccc(Cl)cc2)nc(Nc2ccccc2)n1. The molecule has 35 heavy (non-hydrogen) atoms. The number of nitrogens with two attached hydrogens (primary N) is 1. The van der Waals surface area contributed by atoms with Crippen molar-refractivity contribution >= 4 is 35.1 Å².